The summed E-state index contributed by atoms with van der Waals surface area (Å²) in [5, 5.41) is 0. The van der Waals surface area contributed by atoms with Crippen LogP contribution in [-0.2, 0) is 9.47 Å². The number of carbonyl (C=O) groups excluding carboxylic acids is 1. The van der Waals surface area contributed by atoms with Gasteiger partial charge in [-0.15, -0.1) is 0 Å². The van der Waals surface area contributed by atoms with Gasteiger partial charge in [0, 0.05) is 0 Å². The highest BCUT2D eigenvalue weighted by molar-refractivity contribution is 5.60. The Morgan fingerprint density at radius 2 is 0.950 bits per heavy atom. The van der Waals surface area contributed by atoms with Crippen molar-refractivity contribution in [2.75, 3.05) is 0 Å². The minimum atomic E-state index is -5.59. The van der Waals surface area contributed by atoms with Crippen LogP contribution in [0.4, 0.5) is 48.7 Å². The van der Waals surface area contributed by atoms with Crippen molar-refractivity contribution in [3.05, 3.63) is 0 Å². The molecule has 3 nitrogen and oxygen atoms in total. The van der Waals surface area contributed by atoms with Gasteiger partial charge in [0.1, 0.15) is 0 Å². The first-order valence-corrected chi connectivity index (χ1v) is 4.33. The minimum absolute atomic E-state index is 2.49. The third-order valence-electron chi connectivity index (χ3n) is 1.52. The first kappa shape index (κ1) is 18.6. The summed E-state index contributed by atoms with van der Waals surface area (Å²) in [5.41, 5.74) is 0. The zero-order valence-corrected chi connectivity index (χ0v) is 8.81. The maximum atomic E-state index is 12.4. The van der Waals surface area contributed by atoms with Gasteiger partial charge in [-0.05, 0) is 0 Å². The number of hydrogen-bond donors (Lipinski definition) is 0. The van der Waals surface area contributed by atoms with Gasteiger partial charge in [0.05, 0.1) is 0 Å². The molecule has 0 rings (SSSR count). The van der Waals surface area contributed by atoms with Crippen molar-refractivity contribution in [2.24, 2.45) is 0 Å². The highest BCUT2D eigenvalue weighted by Crippen LogP contribution is 2.32. The molecule has 0 fully saturated rings. The third kappa shape index (κ3) is 4.92. The number of hydrogen-bond acceptors (Lipinski definition) is 3. The van der Waals surface area contributed by atoms with Gasteiger partial charge in [0.25, 0.3) is 25.2 Å². The Hall–Kier alpha value is -1.43. The van der Waals surface area contributed by atoms with E-state index in [-0.39, 0.29) is 0 Å². The quantitative estimate of drug-likeness (QED) is 0.553. The SMILES string of the molecule is O=C(OC(F)(F)C(F)C(F)F)OC(F)(F)C(F)C(F)F. The van der Waals surface area contributed by atoms with Crippen molar-refractivity contribution in [3.63, 3.8) is 0 Å². The van der Waals surface area contributed by atoms with Crippen LogP contribution in [0.5, 0.6) is 0 Å². The maximum absolute atomic E-state index is 12.4. The van der Waals surface area contributed by atoms with Crippen LogP contribution in [-0.4, -0.2) is 43.6 Å². The molecule has 20 heavy (non-hydrogen) atoms. The maximum Gasteiger partial charge on any atom is 0.517 e. The van der Waals surface area contributed by atoms with E-state index in [4.69, 9.17) is 0 Å². The van der Waals surface area contributed by atoms with Crippen LogP contribution in [0.1, 0.15) is 0 Å². The van der Waals surface area contributed by atoms with E-state index in [1.54, 1.807) is 0 Å². The fourth-order valence-electron chi connectivity index (χ4n) is 0.649. The molecule has 0 saturated carbocycles. The van der Waals surface area contributed by atoms with E-state index in [0.29, 0.717) is 0 Å². The summed E-state index contributed by atoms with van der Waals surface area (Å²) in [6.45, 7) is 0. The van der Waals surface area contributed by atoms with Crippen LogP contribution in [0, 0.1) is 0 Å². The first-order chi connectivity index (χ1) is 8.81. The Morgan fingerprint density at radius 3 is 1.15 bits per heavy atom. The Morgan fingerprint density at radius 1 is 0.700 bits per heavy atom. The molecular formula is C7H4F10O3. The molecule has 2 unspecified atom stereocenters. The molecule has 13 heteroatoms. The van der Waals surface area contributed by atoms with Crippen LogP contribution in [0.15, 0.2) is 0 Å². The normalized spacial score (nSPS) is 16.2. The van der Waals surface area contributed by atoms with E-state index >= 15 is 0 Å². The zero-order chi connectivity index (χ0) is 16.3. The molecule has 0 aromatic rings. The summed E-state index contributed by atoms with van der Waals surface area (Å²) in [5.74, 6) is 0. The standard InChI is InChI=1S/C7H4F10O3/c8-1(3(10)11)6(14,15)19-5(18)20-7(16,17)2(9)4(12)13/h1-4H. The Kier molecular flexibility index (Phi) is 5.89. The van der Waals surface area contributed by atoms with E-state index < -0.39 is 43.6 Å². The molecule has 0 heterocycles. The largest absolute Gasteiger partial charge is 0.517 e. The lowest BCUT2D eigenvalue weighted by atomic mass is 10.4. The fraction of sp³-hybridized carbons (Fsp3) is 0.857. The van der Waals surface area contributed by atoms with E-state index in [9.17, 15) is 48.7 Å². The molecule has 0 N–H and O–H groups in total. The molecule has 0 radical (unpaired) electrons. The molecule has 0 aliphatic heterocycles. The topological polar surface area (TPSA) is 35.5 Å². The molecule has 0 saturated heterocycles. The van der Waals surface area contributed by atoms with Crippen molar-refractivity contribution < 1.29 is 58.2 Å². The van der Waals surface area contributed by atoms with Crippen LogP contribution in [0.25, 0.3) is 0 Å². The Bertz CT molecular complexity index is 303. The van der Waals surface area contributed by atoms with Crippen molar-refractivity contribution >= 4 is 6.16 Å². The number of carbonyl (C=O) groups is 1. The highest BCUT2D eigenvalue weighted by Gasteiger charge is 2.55. The smallest absolute Gasteiger partial charge is 0.365 e. The number of rotatable bonds is 6. The minimum Gasteiger partial charge on any atom is -0.365 e. The summed E-state index contributed by atoms with van der Waals surface area (Å²) < 4.78 is 125. The van der Waals surface area contributed by atoms with E-state index in [1.807, 2.05) is 0 Å². The van der Waals surface area contributed by atoms with E-state index in [2.05, 4.69) is 9.47 Å². The number of ether oxygens (including phenoxy) is 2. The molecular weight excluding hydrogens is 322 g/mol. The van der Waals surface area contributed by atoms with Crippen molar-refractivity contribution in [3.8, 4) is 0 Å². The van der Waals surface area contributed by atoms with Crippen LogP contribution in [0.3, 0.4) is 0 Å². The van der Waals surface area contributed by atoms with Gasteiger partial charge >= 0.3 is 18.4 Å². The number of halogens is 10. The van der Waals surface area contributed by atoms with Crippen LogP contribution >= 0.6 is 0 Å². The molecule has 0 spiro atoms. The summed E-state index contributed by atoms with van der Waals surface area (Å²) in [6.07, 6.45) is -31.9. The lowest BCUT2D eigenvalue weighted by molar-refractivity contribution is -0.305. The predicted octanol–water partition coefficient (Wildman–Crippen LogP) is 3.53. The van der Waals surface area contributed by atoms with Gasteiger partial charge in [-0.1, -0.05) is 0 Å². The Labute approximate surface area is 103 Å². The van der Waals surface area contributed by atoms with E-state index in [1.165, 1.54) is 0 Å². The van der Waals surface area contributed by atoms with Crippen molar-refractivity contribution in [1.29, 1.82) is 0 Å². The van der Waals surface area contributed by atoms with Gasteiger partial charge < -0.3 is 9.47 Å². The number of alkyl halides is 10. The summed E-state index contributed by atoms with van der Waals surface area (Å²) in [7, 11) is 0. The summed E-state index contributed by atoms with van der Waals surface area (Å²) in [6, 6.07) is 0. The molecule has 0 aromatic heterocycles. The summed E-state index contributed by atoms with van der Waals surface area (Å²) >= 11 is 0. The van der Waals surface area contributed by atoms with Gasteiger partial charge in [-0.25, -0.2) is 31.1 Å². The van der Waals surface area contributed by atoms with Crippen molar-refractivity contribution in [2.45, 2.75) is 37.4 Å². The van der Waals surface area contributed by atoms with Gasteiger partial charge in [-0.3, -0.25) is 0 Å². The van der Waals surface area contributed by atoms with Crippen LogP contribution in [0.2, 0.25) is 0 Å². The highest BCUT2D eigenvalue weighted by atomic mass is 19.3. The first-order valence-electron chi connectivity index (χ1n) is 4.33. The average molecular weight is 326 g/mol. The monoisotopic (exact) mass is 326 g/mol. The third-order valence-corrected chi connectivity index (χ3v) is 1.52. The molecule has 0 amide bonds. The Balaban J connectivity index is 4.72. The summed E-state index contributed by atoms with van der Waals surface area (Å²) in [4.78, 5) is 10.3. The molecule has 120 valence electrons. The lowest BCUT2D eigenvalue weighted by Gasteiger charge is -2.22. The zero-order valence-electron chi connectivity index (χ0n) is 8.81. The van der Waals surface area contributed by atoms with Gasteiger partial charge in [-0.2, -0.15) is 17.6 Å². The van der Waals surface area contributed by atoms with Crippen molar-refractivity contribution in [1.82, 2.24) is 0 Å². The molecule has 0 aliphatic rings. The molecule has 0 bridgehead atoms. The second-order valence-corrected chi connectivity index (χ2v) is 3.05. The molecule has 0 aromatic carbocycles. The second kappa shape index (κ2) is 6.35. The van der Waals surface area contributed by atoms with Gasteiger partial charge in [0.15, 0.2) is 0 Å². The lowest BCUT2D eigenvalue weighted by Crippen LogP contribution is -2.44. The fourth-order valence-corrected chi connectivity index (χ4v) is 0.649. The molecule has 2 atom stereocenters. The van der Waals surface area contributed by atoms with Gasteiger partial charge in [0.2, 0.25) is 0 Å². The second-order valence-electron chi connectivity index (χ2n) is 3.05. The molecule has 0 aliphatic carbocycles. The average Bonchev–Trinajstić information content (AvgIpc) is 2.24. The predicted molar refractivity (Wildman–Crippen MR) is 39.3 cm³/mol. The van der Waals surface area contributed by atoms with Crippen LogP contribution < -0.4 is 0 Å². The van der Waals surface area contributed by atoms with E-state index in [0.717, 1.165) is 0 Å².